The Kier molecular flexibility index (Phi) is 3.40. The molecule has 1 saturated heterocycles. The second-order valence-electron chi connectivity index (χ2n) is 3.40. The van der Waals surface area contributed by atoms with E-state index in [2.05, 4.69) is 5.32 Å². The van der Waals surface area contributed by atoms with Crippen molar-refractivity contribution in [1.82, 2.24) is 5.32 Å². The van der Waals surface area contributed by atoms with E-state index >= 15 is 0 Å². The smallest absolute Gasteiger partial charge is 0.261 e. The van der Waals surface area contributed by atoms with Gasteiger partial charge in [-0.2, -0.15) is 0 Å². The SMILES string of the molecule is CC1(OCC(F)F)CCNCC1. The molecule has 0 atom stereocenters. The zero-order valence-electron chi connectivity index (χ0n) is 7.28. The van der Waals surface area contributed by atoms with E-state index in [4.69, 9.17) is 4.74 Å². The molecule has 0 unspecified atom stereocenters. The van der Waals surface area contributed by atoms with Crippen LogP contribution in [0.15, 0.2) is 0 Å². The van der Waals surface area contributed by atoms with E-state index < -0.39 is 13.0 Å². The molecule has 0 bridgehead atoms. The van der Waals surface area contributed by atoms with Gasteiger partial charge in [0, 0.05) is 0 Å². The summed E-state index contributed by atoms with van der Waals surface area (Å²) < 4.78 is 28.8. The molecule has 1 rings (SSSR count). The van der Waals surface area contributed by atoms with Gasteiger partial charge in [0.05, 0.1) is 5.60 Å². The highest BCUT2D eigenvalue weighted by Crippen LogP contribution is 2.22. The second kappa shape index (κ2) is 4.14. The fourth-order valence-electron chi connectivity index (χ4n) is 1.36. The molecule has 0 aromatic carbocycles. The molecular weight excluding hydrogens is 164 g/mol. The molecule has 0 radical (unpaired) electrons. The number of hydrogen-bond donors (Lipinski definition) is 1. The Morgan fingerprint density at radius 2 is 2.00 bits per heavy atom. The maximum absolute atomic E-state index is 11.8. The van der Waals surface area contributed by atoms with E-state index in [1.54, 1.807) is 0 Å². The van der Waals surface area contributed by atoms with Gasteiger partial charge in [0.1, 0.15) is 6.61 Å². The van der Waals surface area contributed by atoms with Crippen LogP contribution in [0, 0.1) is 0 Å². The largest absolute Gasteiger partial charge is 0.369 e. The molecule has 72 valence electrons. The summed E-state index contributed by atoms with van der Waals surface area (Å²) in [5, 5.41) is 3.16. The third kappa shape index (κ3) is 3.03. The van der Waals surface area contributed by atoms with E-state index in [1.807, 2.05) is 6.92 Å². The van der Waals surface area contributed by atoms with Crippen LogP contribution in [-0.2, 0) is 4.74 Å². The molecule has 1 heterocycles. The average Bonchev–Trinajstić information content (AvgIpc) is 2.03. The van der Waals surface area contributed by atoms with Crippen LogP contribution in [0.2, 0.25) is 0 Å². The molecule has 1 N–H and O–H groups in total. The molecule has 0 aliphatic carbocycles. The van der Waals surface area contributed by atoms with Gasteiger partial charge in [-0.05, 0) is 32.9 Å². The Morgan fingerprint density at radius 3 is 2.50 bits per heavy atom. The number of halogens is 2. The van der Waals surface area contributed by atoms with Crippen LogP contribution in [0.25, 0.3) is 0 Å². The Hall–Kier alpha value is -0.220. The predicted molar refractivity (Wildman–Crippen MR) is 42.5 cm³/mol. The summed E-state index contributed by atoms with van der Waals surface area (Å²) in [5.41, 5.74) is -0.332. The molecule has 0 spiro atoms. The molecule has 0 amide bonds. The number of ether oxygens (including phenoxy) is 1. The number of alkyl halides is 2. The minimum absolute atomic E-state index is 0.332. The van der Waals surface area contributed by atoms with Gasteiger partial charge in [0.25, 0.3) is 6.43 Å². The summed E-state index contributed by atoms with van der Waals surface area (Å²) in [5.74, 6) is 0. The first kappa shape index (κ1) is 9.86. The first-order valence-electron chi connectivity index (χ1n) is 4.25. The Bertz CT molecular complexity index is 135. The third-order valence-corrected chi connectivity index (χ3v) is 2.22. The summed E-state index contributed by atoms with van der Waals surface area (Å²) in [6.45, 7) is 3.19. The second-order valence-corrected chi connectivity index (χ2v) is 3.40. The molecule has 0 saturated carbocycles. The lowest BCUT2D eigenvalue weighted by Gasteiger charge is -2.33. The van der Waals surface area contributed by atoms with Crippen molar-refractivity contribution in [3.05, 3.63) is 0 Å². The lowest BCUT2D eigenvalue weighted by Crippen LogP contribution is -2.42. The highest BCUT2D eigenvalue weighted by Gasteiger charge is 2.28. The van der Waals surface area contributed by atoms with Gasteiger partial charge >= 0.3 is 0 Å². The summed E-state index contributed by atoms with van der Waals surface area (Å²) >= 11 is 0. The standard InChI is InChI=1S/C8H15F2NO/c1-8(12-6-7(9)10)2-4-11-5-3-8/h7,11H,2-6H2,1H3. The van der Waals surface area contributed by atoms with Crippen molar-refractivity contribution in [1.29, 1.82) is 0 Å². The normalized spacial score (nSPS) is 23.0. The van der Waals surface area contributed by atoms with Crippen molar-refractivity contribution in [3.63, 3.8) is 0 Å². The summed E-state index contributed by atoms with van der Waals surface area (Å²) in [6.07, 6.45) is -0.712. The molecule has 1 aliphatic rings. The van der Waals surface area contributed by atoms with E-state index in [1.165, 1.54) is 0 Å². The van der Waals surface area contributed by atoms with Crippen molar-refractivity contribution in [2.45, 2.75) is 31.8 Å². The summed E-state index contributed by atoms with van der Waals surface area (Å²) in [6, 6.07) is 0. The Morgan fingerprint density at radius 1 is 1.42 bits per heavy atom. The van der Waals surface area contributed by atoms with E-state index in [0.29, 0.717) is 0 Å². The zero-order chi connectivity index (χ0) is 9.03. The molecule has 0 aromatic heterocycles. The van der Waals surface area contributed by atoms with Crippen molar-refractivity contribution in [2.75, 3.05) is 19.7 Å². The summed E-state index contributed by atoms with van der Waals surface area (Å²) in [4.78, 5) is 0. The van der Waals surface area contributed by atoms with Gasteiger partial charge in [-0.15, -0.1) is 0 Å². The van der Waals surface area contributed by atoms with Crippen LogP contribution in [-0.4, -0.2) is 31.7 Å². The topological polar surface area (TPSA) is 21.3 Å². The van der Waals surface area contributed by atoms with Gasteiger partial charge in [0.15, 0.2) is 0 Å². The number of hydrogen-bond acceptors (Lipinski definition) is 2. The maximum Gasteiger partial charge on any atom is 0.261 e. The van der Waals surface area contributed by atoms with Gasteiger partial charge in [0.2, 0.25) is 0 Å². The zero-order valence-corrected chi connectivity index (χ0v) is 7.28. The number of piperidine rings is 1. The first-order chi connectivity index (χ1) is 5.62. The number of rotatable bonds is 3. The molecular formula is C8H15F2NO. The predicted octanol–water partition coefficient (Wildman–Crippen LogP) is 1.41. The monoisotopic (exact) mass is 179 g/mol. The summed E-state index contributed by atoms with van der Waals surface area (Å²) in [7, 11) is 0. The molecule has 0 aromatic rings. The van der Waals surface area contributed by atoms with Gasteiger partial charge in [-0.3, -0.25) is 0 Å². The van der Waals surface area contributed by atoms with Gasteiger partial charge < -0.3 is 10.1 Å². The average molecular weight is 179 g/mol. The van der Waals surface area contributed by atoms with Crippen LogP contribution < -0.4 is 5.32 Å². The molecule has 1 fully saturated rings. The fourth-order valence-corrected chi connectivity index (χ4v) is 1.36. The molecule has 4 heteroatoms. The van der Waals surface area contributed by atoms with E-state index in [0.717, 1.165) is 25.9 Å². The van der Waals surface area contributed by atoms with Crippen LogP contribution in [0.5, 0.6) is 0 Å². The third-order valence-electron chi connectivity index (χ3n) is 2.22. The van der Waals surface area contributed by atoms with Gasteiger partial charge in [-0.25, -0.2) is 8.78 Å². The Balaban J connectivity index is 2.26. The van der Waals surface area contributed by atoms with Crippen LogP contribution in [0.1, 0.15) is 19.8 Å². The van der Waals surface area contributed by atoms with Crippen LogP contribution in [0.3, 0.4) is 0 Å². The van der Waals surface area contributed by atoms with Crippen LogP contribution >= 0.6 is 0 Å². The number of nitrogens with one attached hydrogen (secondary N) is 1. The van der Waals surface area contributed by atoms with Crippen LogP contribution in [0.4, 0.5) is 8.78 Å². The molecule has 12 heavy (non-hydrogen) atoms. The molecule has 1 aliphatic heterocycles. The minimum Gasteiger partial charge on any atom is -0.369 e. The van der Waals surface area contributed by atoms with Gasteiger partial charge in [-0.1, -0.05) is 0 Å². The van der Waals surface area contributed by atoms with Crippen molar-refractivity contribution < 1.29 is 13.5 Å². The lowest BCUT2D eigenvalue weighted by atomic mass is 9.95. The highest BCUT2D eigenvalue weighted by molar-refractivity contribution is 4.81. The minimum atomic E-state index is -2.35. The highest BCUT2D eigenvalue weighted by atomic mass is 19.3. The first-order valence-corrected chi connectivity index (χ1v) is 4.25. The fraction of sp³-hybridized carbons (Fsp3) is 1.00. The van der Waals surface area contributed by atoms with Crippen molar-refractivity contribution >= 4 is 0 Å². The Labute approximate surface area is 71.3 Å². The van der Waals surface area contributed by atoms with E-state index in [9.17, 15) is 8.78 Å². The van der Waals surface area contributed by atoms with E-state index in [-0.39, 0.29) is 5.60 Å². The lowest BCUT2D eigenvalue weighted by molar-refractivity contribution is -0.0927. The quantitative estimate of drug-likeness (QED) is 0.707. The van der Waals surface area contributed by atoms with Crippen molar-refractivity contribution in [2.24, 2.45) is 0 Å². The maximum atomic E-state index is 11.8. The molecule has 2 nitrogen and oxygen atoms in total. The van der Waals surface area contributed by atoms with Crippen molar-refractivity contribution in [3.8, 4) is 0 Å².